The number of hydrogen-bond donors (Lipinski definition) is 1. The lowest BCUT2D eigenvalue weighted by atomic mass is 10.0. The van der Waals surface area contributed by atoms with Crippen LogP contribution in [0.4, 0.5) is 5.82 Å². The maximum atomic E-state index is 6.31. The quantitative estimate of drug-likeness (QED) is 0.751. The predicted octanol–water partition coefficient (Wildman–Crippen LogP) is 2.54. The first-order chi connectivity index (χ1) is 13.4. The molecule has 1 saturated carbocycles. The number of imidazole rings is 1. The highest BCUT2D eigenvalue weighted by Crippen LogP contribution is 2.48. The molecule has 3 aromatic heterocycles. The number of rotatable bonds is 3. The van der Waals surface area contributed by atoms with Gasteiger partial charge >= 0.3 is 0 Å². The van der Waals surface area contributed by atoms with Crippen LogP contribution in [0.2, 0.25) is 0 Å². The number of nitrogens with zero attached hydrogens (tertiary/aromatic N) is 5. The highest BCUT2D eigenvalue weighted by atomic mass is 16.8. The second-order valence-electron chi connectivity index (χ2n) is 8.04. The first-order valence-electron chi connectivity index (χ1n) is 9.50. The van der Waals surface area contributed by atoms with E-state index < -0.39 is 5.79 Å². The molecular weight excluding hydrogens is 356 g/mol. The summed E-state index contributed by atoms with van der Waals surface area (Å²) < 4.78 is 16.7. The Kier molecular flexibility index (Phi) is 3.82. The fourth-order valence-electron chi connectivity index (χ4n) is 4.46. The lowest BCUT2D eigenvalue weighted by molar-refractivity contribution is -0.158. The fourth-order valence-corrected chi connectivity index (χ4v) is 4.46. The van der Waals surface area contributed by atoms with E-state index in [4.69, 9.17) is 15.2 Å². The molecule has 2 fully saturated rings. The molecule has 28 heavy (non-hydrogen) atoms. The zero-order valence-corrected chi connectivity index (χ0v) is 16.2. The molecule has 2 N–H and O–H groups in total. The summed E-state index contributed by atoms with van der Waals surface area (Å²) in [6.07, 6.45) is 12.4. The standard InChI is InChI=1S/C20H24N6O2/c1-20(2)27-16-12(4-5-13-9-22-11-25(13)3)8-15(17(16)28-20)26-7-6-14-18(21)23-10-24-19(14)26/h4-7,9-12,15-17H,8H2,1-3H3,(H2,21,23,24)/b5-4+/t12-,15+,16+,17-/m0/s1. The molecule has 8 nitrogen and oxygen atoms in total. The number of nitrogen functional groups attached to an aromatic ring is 1. The Labute approximate surface area is 163 Å². The van der Waals surface area contributed by atoms with Crippen LogP contribution >= 0.6 is 0 Å². The highest BCUT2D eigenvalue weighted by molar-refractivity contribution is 5.86. The Morgan fingerprint density at radius 2 is 2.07 bits per heavy atom. The SMILES string of the molecule is Cn1cncc1/C=C/[C@H]1C[C@@H](n2ccc3c(N)ncnc32)[C@@H]2OC(C)(C)O[C@@H]21. The first kappa shape index (κ1) is 17.4. The monoisotopic (exact) mass is 380 g/mol. The van der Waals surface area contributed by atoms with Gasteiger partial charge in [0.15, 0.2) is 5.79 Å². The maximum Gasteiger partial charge on any atom is 0.163 e. The molecule has 0 spiro atoms. The molecule has 0 unspecified atom stereocenters. The number of nitrogens with two attached hydrogens (primary N) is 1. The maximum absolute atomic E-state index is 6.31. The minimum absolute atomic E-state index is 0.0129. The van der Waals surface area contributed by atoms with Gasteiger partial charge in [-0.3, -0.25) is 0 Å². The average Bonchev–Trinajstić information content (AvgIpc) is 3.37. The normalized spacial score (nSPS) is 29.1. The van der Waals surface area contributed by atoms with Crippen LogP contribution in [0.15, 0.2) is 37.2 Å². The summed E-state index contributed by atoms with van der Waals surface area (Å²) in [5.74, 6) is 0.113. The van der Waals surface area contributed by atoms with Gasteiger partial charge in [0.25, 0.3) is 0 Å². The predicted molar refractivity (Wildman–Crippen MR) is 105 cm³/mol. The minimum Gasteiger partial charge on any atom is -0.383 e. The fraction of sp³-hybridized carbons (Fsp3) is 0.450. The Morgan fingerprint density at radius 1 is 1.25 bits per heavy atom. The third-order valence-corrected chi connectivity index (χ3v) is 5.74. The lowest BCUT2D eigenvalue weighted by Gasteiger charge is -2.24. The average molecular weight is 380 g/mol. The molecule has 1 saturated heterocycles. The van der Waals surface area contributed by atoms with Crippen molar-refractivity contribution in [2.75, 3.05) is 5.73 Å². The van der Waals surface area contributed by atoms with E-state index in [1.54, 1.807) is 6.33 Å². The van der Waals surface area contributed by atoms with Gasteiger partial charge in [-0.15, -0.1) is 0 Å². The number of ether oxygens (including phenoxy) is 2. The van der Waals surface area contributed by atoms with Gasteiger partial charge in [-0.2, -0.15) is 0 Å². The van der Waals surface area contributed by atoms with Gasteiger partial charge in [0.2, 0.25) is 0 Å². The summed E-state index contributed by atoms with van der Waals surface area (Å²) in [4.78, 5) is 12.7. The van der Waals surface area contributed by atoms with E-state index in [1.807, 2.05) is 43.9 Å². The van der Waals surface area contributed by atoms with Crippen LogP contribution in [0.25, 0.3) is 17.1 Å². The van der Waals surface area contributed by atoms with Gasteiger partial charge in [-0.1, -0.05) is 6.08 Å². The molecule has 0 aromatic carbocycles. The summed E-state index contributed by atoms with van der Waals surface area (Å²) in [6.45, 7) is 3.94. The van der Waals surface area contributed by atoms with Crippen LogP contribution in [0.1, 0.15) is 32.0 Å². The third-order valence-electron chi connectivity index (χ3n) is 5.74. The molecule has 5 rings (SSSR count). The van der Waals surface area contributed by atoms with Gasteiger partial charge in [-0.25, -0.2) is 15.0 Å². The summed E-state index contributed by atoms with van der Waals surface area (Å²) >= 11 is 0. The summed E-state index contributed by atoms with van der Waals surface area (Å²) in [7, 11) is 1.99. The Balaban J connectivity index is 1.51. The Morgan fingerprint density at radius 3 is 2.86 bits per heavy atom. The molecule has 4 atom stereocenters. The van der Waals surface area contributed by atoms with Crippen molar-refractivity contribution in [1.29, 1.82) is 0 Å². The molecule has 146 valence electrons. The zero-order chi connectivity index (χ0) is 19.5. The van der Waals surface area contributed by atoms with E-state index in [9.17, 15) is 0 Å². The van der Waals surface area contributed by atoms with Gasteiger partial charge in [0.05, 0.1) is 35.8 Å². The Bertz CT molecular complexity index is 1050. The van der Waals surface area contributed by atoms with Crippen LogP contribution in [0.5, 0.6) is 0 Å². The molecule has 0 bridgehead atoms. The highest BCUT2D eigenvalue weighted by Gasteiger charge is 2.54. The van der Waals surface area contributed by atoms with Gasteiger partial charge in [-0.05, 0) is 32.4 Å². The van der Waals surface area contributed by atoms with E-state index in [0.29, 0.717) is 5.82 Å². The zero-order valence-electron chi connectivity index (χ0n) is 16.2. The van der Waals surface area contributed by atoms with Crippen molar-refractivity contribution in [3.05, 3.63) is 42.9 Å². The summed E-state index contributed by atoms with van der Waals surface area (Å²) in [5, 5.41) is 0.867. The van der Waals surface area contributed by atoms with Crippen molar-refractivity contribution < 1.29 is 9.47 Å². The van der Waals surface area contributed by atoms with Crippen molar-refractivity contribution in [2.24, 2.45) is 13.0 Å². The molecular formula is C20H24N6O2. The Hall–Kier alpha value is -2.71. The smallest absolute Gasteiger partial charge is 0.163 e. The number of aromatic nitrogens is 5. The van der Waals surface area contributed by atoms with Crippen LogP contribution < -0.4 is 5.73 Å². The second-order valence-corrected chi connectivity index (χ2v) is 8.04. The van der Waals surface area contributed by atoms with Gasteiger partial charge in [0.1, 0.15) is 23.9 Å². The minimum atomic E-state index is -0.608. The number of fused-ring (bicyclic) bond motifs is 2. The van der Waals surface area contributed by atoms with Crippen molar-refractivity contribution in [2.45, 2.75) is 44.3 Å². The molecule has 0 radical (unpaired) electrons. The molecule has 3 aromatic rings. The lowest BCUT2D eigenvalue weighted by Crippen LogP contribution is -2.27. The van der Waals surface area contributed by atoms with Crippen molar-refractivity contribution in [3.8, 4) is 0 Å². The molecule has 4 heterocycles. The van der Waals surface area contributed by atoms with Gasteiger partial charge in [0, 0.05) is 19.2 Å². The largest absolute Gasteiger partial charge is 0.383 e. The first-order valence-corrected chi connectivity index (χ1v) is 9.50. The summed E-state index contributed by atoms with van der Waals surface area (Å²) in [6, 6.07) is 2.08. The van der Waals surface area contributed by atoms with Crippen LogP contribution in [0.3, 0.4) is 0 Å². The van der Waals surface area contributed by atoms with E-state index in [0.717, 1.165) is 23.1 Å². The number of aryl methyl sites for hydroxylation is 1. The van der Waals surface area contributed by atoms with E-state index >= 15 is 0 Å². The van der Waals surface area contributed by atoms with Crippen molar-refractivity contribution >= 4 is 22.9 Å². The van der Waals surface area contributed by atoms with Crippen molar-refractivity contribution in [1.82, 2.24) is 24.1 Å². The third kappa shape index (κ3) is 2.71. The number of hydrogen-bond acceptors (Lipinski definition) is 6. The molecule has 8 heteroatoms. The second kappa shape index (κ2) is 6.15. The van der Waals surface area contributed by atoms with Crippen LogP contribution in [-0.4, -0.2) is 42.1 Å². The molecule has 1 aliphatic heterocycles. The topological polar surface area (TPSA) is 93.0 Å². The van der Waals surface area contributed by atoms with Gasteiger partial charge < -0.3 is 24.3 Å². The van der Waals surface area contributed by atoms with Crippen LogP contribution in [-0.2, 0) is 16.5 Å². The molecule has 1 aliphatic carbocycles. The van der Waals surface area contributed by atoms with E-state index in [1.165, 1.54) is 6.33 Å². The van der Waals surface area contributed by atoms with E-state index in [2.05, 4.69) is 31.7 Å². The number of anilines is 1. The van der Waals surface area contributed by atoms with Crippen LogP contribution in [0, 0.1) is 5.92 Å². The van der Waals surface area contributed by atoms with Crippen molar-refractivity contribution in [3.63, 3.8) is 0 Å². The summed E-state index contributed by atoms with van der Waals surface area (Å²) in [5.41, 5.74) is 7.92. The molecule has 0 amide bonds. The molecule has 2 aliphatic rings. The van der Waals surface area contributed by atoms with E-state index in [-0.39, 0.29) is 24.2 Å².